The number of hydrogen-bond donors (Lipinski definition) is 1. The van der Waals surface area contributed by atoms with E-state index in [0.717, 1.165) is 18.4 Å². The molecular weight excluding hydrogens is 371 g/mol. The van der Waals surface area contributed by atoms with Crippen LogP contribution < -0.4 is 10.1 Å². The van der Waals surface area contributed by atoms with Crippen molar-refractivity contribution in [1.29, 1.82) is 0 Å². The third-order valence-electron chi connectivity index (χ3n) is 5.39. The Morgan fingerprint density at radius 2 is 1.93 bits per heavy atom. The van der Waals surface area contributed by atoms with Crippen molar-refractivity contribution in [3.63, 3.8) is 0 Å². The normalized spacial score (nSPS) is 18.5. The van der Waals surface area contributed by atoms with E-state index in [1.54, 1.807) is 42.3 Å². The maximum absolute atomic E-state index is 13.8. The van der Waals surface area contributed by atoms with E-state index in [4.69, 9.17) is 4.74 Å². The summed E-state index contributed by atoms with van der Waals surface area (Å²) in [6.07, 6.45) is 1.89. The number of likely N-dealkylation sites (tertiary alicyclic amines) is 1. The monoisotopic (exact) mass is 398 g/mol. The molecule has 1 heterocycles. The second kappa shape index (κ2) is 9.54. The highest BCUT2D eigenvalue weighted by atomic mass is 19.1. The Hall–Kier alpha value is -2.89. The number of hydrogen-bond acceptors (Lipinski definition) is 3. The number of methoxy groups -OCH3 is 1. The molecule has 0 radical (unpaired) electrons. The number of amides is 2. The number of ether oxygens (including phenoxy) is 1. The smallest absolute Gasteiger partial charge is 0.253 e. The predicted octanol–water partition coefficient (Wildman–Crippen LogP) is 3.61. The minimum absolute atomic E-state index is 0.0854. The summed E-state index contributed by atoms with van der Waals surface area (Å²) in [5, 5.41) is 2.97. The van der Waals surface area contributed by atoms with Crippen LogP contribution in [0.5, 0.6) is 5.75 Å². The van der Waals surface area contributed by atoms with E-state index in [2.05, 4.69) is 12.2 Å². The molecule has 0 aromatic heterocycles. The van der Waals surface area contributed by atoms with Crippen LogP contribution >= 0.6 is 0 Å². The molecule has 154 valence electrons. The van der Waals surface area contributed by atoms with Crippen LogP contribution in [0.3, 0.4) is 0 Å². The Kier molecular flexibility index (Phi) is 6.86. The Balaban J connectivity index is 1.81. The molecule has 1 aliphatic rings. The zero-order valence-corrected chi connectivity index (χ0v) is 16.9. The third-order valence-corrected chi connectivity index (χ3v) is 5.39. The maximum atomic E-state index is 13.8. The predicted molar refractivity (Wildman–Crippen MR) is 109 cm³/mol. The molecule has 2 amide bonds. The Bertz CT molecular complexity index is 853. The minimum atomic E-state index is -0.407. The first-order chi connectivity index (χ1) is 14.0. The van der Waals surface area contributed by atoms with Gasteiger partial charge in [0, 0.05) is 31.1 Å². The molecule has 6 heteroatoms. The number of rotatable bonds is 7. The van der Waals surface area contributed by atoms with Crippen molar-refractivity contribution in [1.82, 2.24) is 10.2 Å². The summed E-state index contributed by atoms with van der Waals surface area (Å²) in [7, 11) is 1.57. The first kappa shape index (κ1) is 20.8. The van der Waals surface area contributed by atoms with E-state index in [1.165, 1.54) is 12.1 Å². The first-order valence-corrected chi connectivity index (χ1v) is 10.00. The molecule has 5 nitrogen and oxygen atoms in total. The second-order valence-electron chi connectivity index (χ2n) is 7.35. The summed E-state index contributed by atoms with van der Waals surface area (Å²) in [6.45, 7) is 3.35. The van der Waals surface area contributed by atoms with Gasteiger partial charge in [0.1, 0.15) is 11.6 Å². The molecular formula is C23H27FN2O3. The number of carbonyl (C=O) groups excluding carboxylic acids is 2. The average Bonchev–Trinajstić information content (AvgIpc) is 3.19. The molecule has 2 atom stereocenters. The number of unbranched alkanes of at least 4 members (excludes halogenated alkanes) is 1. The Labute approximate surface area is 170 Å². The molecule has 3 rings (SSSR count). The fourth-order valence-electron chi connectivity index (χ4n) is 3.75. The quantitative estimate of drug-likeness (QED) is 0.725. The van der Waals surface area contributed by atoms with Gasteiger partial charge in [0.2, 0.25) is 5.91 Å². The van der Waals surface area contributed by atoms with Crippen molar-refractivity contribution in [3.05, 3.63) is 65.5 Å². The summed E-state index contributed by atoms with van der Waals surface area (Å²) >= 11 is 0. The highest BCUT2D eigenvalue weighted by Crippen LogP contribution is 2.34. The van der Waals surface area contributed by atoms with Crippen molar-refractivity contribution < 1.29 is 18.7 Å². The van der Waals surface area contributed by atoms with Gasteiger partial charge in [-0.3, -0.25) is 9.59 Å². The molecule has 0 unspecified atom stereocenters. The summed E-state index contributed by atoms with van der Waals surface area (Å²) in [5.41, 5.74) is 1.28. The minimum Gasteiger partial charge on any atom is -0.497 e. The molecule has 1 fully saturated rings. The number of nitrogens with one attached hydrogen (secondary N) is 1. The van der Waals surface area contributed by atoms with Crippen LogP contribution in [0.25, 0.3) is 0 Å². The number of nitrogens with zero attached hydrogens (tertiary/aromatic N) is 1. The van der Waals surface area contributed by atoms with Gasteiger partial charge < -0.3 is 15.0 Å². The molecule has 0 saturated carbocycles. The summed E-state index contributed by atoms with van der Waals surface area (Å²) in [5.74, 6) is -0.539. The van der Waals surface area contributed by atoms with E-state index in [1.807, 2.05) is 6.07 Å². The van der Waals surface area contributed by atoms with Crippen molar-refractivity contribution in [2.75, 3.05) is 26.7 Å². The number of carbonyl (C=O) groups is 2. The van der Waals surface area contributed by atoms with Crippen molar-refractivity contribution in [2.24, 2.45) is 5.92 Å². The molecule has 1 saturated heterocycles. The Morgan fingerprint density at radius 1 is 1.17 bits per heavy atom. The molecule has 2 aromatic rings. The molecule has 1 N–H and O–H groups in total. The van der Waals surface area contributed by atoms with Crippen molar-refractivity contribution >= 4 is 11.8 Å². The molecule has 0 bridgehead atoms. The summed E-state index contributed by atoms with van der Waals surface area (Å²) in [4.78, 5) is 27.5. The molecule has 0 aliphatic carbocycles. The van der Waals surface area contributed by atoms with Gasteiger partial charge in [-0.2, -0.15) is 0 Å². The first-order valence-electron chi connectivity index (χ1n) is 10.00. The van der Waals surface area contributed by atoms with Gasteiger partial charge in [0.15, 0.2) is 0 Å². The van der Waals surface area contributed by atoms with Crippen LogP contribution in [0.4, 0.5) is 4.39 Å². The Morgan fingerprint density at radius 3 is 2.59 bits per heavy atom. The number of halogens is 1. The van der Waals surface area contributed by atoms with E-state index in [-0.39, 0.29) is 23.5 Å². The average molecular weight is 398 g/mol. The fraction of sp³-hybridized carbons (Fsp3) is 0.391. The topological polar surface area (TPSA) is 58.6 Å². The van der Waals surface area contributed by atoms with Crippen LogP contribution in [0.2, 0.25) is 0 Å². The zero-order chi connectivity index (χ0) is 20.8. The van der Waals surface area contributed by atoms with Gasteiger partial charge in [-0.25, -0.2) is 4.39 Å². The van der Waals surface area contributed by atoms with Crippen LogP contribution in [-0.4, -0.2) is 43.5 Å². The second-order valence-corrected chi connectivity index (χ2v) is 7.35. The van der Waals surface area contributed by atoms with Gasteiger partial charge in [-0.15, -0.1) is 0 Å². The van der Waals surface area contributed by atoms with Gasteiger partial charge in [0.05, 0.1) is 13.0 Å². The van der Waals surface area contributed by atoms with Crippen molar-refractivity contribution in [3.8, 4) is 5.75 Å². The van der Waals surface area contributed by atoms with Crippen LogP contribution in [0.15, 0.2) is 48.5 Å². The lowest BCUT2D eigenvalue weighted by molar-refractivity contribution is -0.124. The van der Waals surface area contributed by atoms with Gasteiger partial charge in [-0.1, -0.05) is 25.5 Å². The zero-order valence-electron chi connectivity index (χ0n) is 16.9. The molecule has 29 heavy (non-hydrogen) atoms. The summed E-state index contributed by atoms with van der Waals surface area (Å²) < 4.78 is 18.9. The van der Waals surface area contributed by atoms with Crippen LogP contribution in [0.1, 0.15) is 41.6 Å². The molecule has 1 aliphatic heterocycles. The van der Waals surface area contributed by atoms with E-state index < -0.39 is 5.92 Å². The highest BCUT2D eigenvalue weighted by molar-refractivity contribution is 5.95. The van der Waals surface area contributed by atoms with Crippen LogP contribution in [0, 0.1) is 11.7 Å². The lowest BCUT2D eigenvalue weighted by atomic mass is 9.88. The van der Waals surface area contributed by atoms with Crippen molar-refractivity contribution in [2.45, 2.75) is 25.7 Å². The van der Waals surface area contributed by atoms with E-state index in [0.29, 0.717) is 30.9 Å². The molecule has 0 spiro atoms. The van der Waals surface area contributed by atoms with Gasteiger partial charge >= 0.3 is 0 Å². The largest absolute Gasteiger partial charge is 0.497 e. The standard InChI is InChI=1S/C23H27FN2O3/c1-3-4-12-25-22(27)21-15-26(14-20(21)17-6-5-7-18(24)13-17)23(28)16-8-10-19(29-2)11-9-16/h5-11,13,20-21H,3-4,12,14-15H2,1-2H3,(H,25,27)/t20-,21+/m1/s1. The van der Waals surface area contributed by atoms with Gasteiger partial charge in [0.25, 0.3) is 5.91 Å². The maximum Gasteiger partial charge on any atom is 0.253 e. The number of benzene rings is 2. The van der Waals surface area contributed by atoms with Crippen LogP contribution in [-0.2, 0) is 4.79 Å². The lowest BCUT2D eigenvalue weighted by Crippen LogP contribution is -2.36. The third kappa shape index (κ3) is 4.94. The van der Waals surface area contributed by atoms with E-state index >= 15 is 0 Å². The highest BCUT2D eigenvalue weighted by Gasteiger charge is 2.40. The lowest BCUT2D eigenvalue weighted by Gasteiger charge is -2.18. The van der Waals surface area contributed by atoms with E-state index in [9.17, 15) is 14.0 Å². The fourth-order valence-corrected chi connectivity index (χ4v) is 3.75. The molecule has 2 aromatic carbocycles. The SMILES string of the molecule is CCCCNC(=O)[C@H]1CN(C(=O)c2ccc(OC)cc2)C[C@@H]1c1cccc(F)c1. The summed E-state index contributed by atoms with van der Waals surface area (Å²) in [6, 6.07) is 13.2. The van der Waals surface area contributed by atoms with Gasteiger partial charge in [-0.05, 0) is 48.4 Å².